The molecule has 2 rings (SSSR count). The summed E-state index contributed by atoms with van der Waals surface area (Å²) >= 11 is 0. The van der Waals surface area contributed by atoms with Crippen molar-refractivity contribution in [1.82, 2.24) is 0 Å². The second-order valence-electron chi connectivity index (χ2n) is 5.37. The summed E-state index contributed by atoms with van der Waals surface area (Å²) in [4.78, 5) is 23.6. The predicted molar refractivity (Wildman–Crippen MR) is 96.3 cm³/mol. The van der Waals surface area contributed by atoms with Crippen molar-refractivity contribution in [2.45, 2.75) is 6.42 Å². The summed E-state index contributed by atoms with van der Waals surface area (Å²) < 4.78 is 15.1. The van der Waals surface area contributed by atoms with Gasteiger partial charge in [0.25, 0.3) is 0 Å². The molecule has 0 amide bonds. The standard InChI is InChI=1S/C20H20O6/c1-24-15-8-4-13(5-9-15)19(14-6-10-16(25-2)11-7-14)17(12-18(21)22)20(23)26-3/h4-11H,12H2,1-3H3,(H,21,22). The van der Waals surface area contributed by atoms with Gasteiger partial charge < -0.3 is 19.3 Å². The van der Waals surface area contributed by atoms with Crippen molar-refractivity contribution in [2.75, 3.05) is 21.3 Å². The Kier molecular flexibility index (Phi) is 6.38. The summed E-state index contributed by atoms with van der Waals surface area (Å²) in [5.74, 6) is -0.500. The van der Waals surface area contributed by atoms with Crippen LogP contribution in [0.3, 0.4) is 0 Å². The zero-order valence-electron chi connectivity index (χ0n) is 14.8. The minimum atomic E-state index is -1.12. The van der Waals surface area contributed by atoms with Gasteiger partial charge in [0.05, 0.1) is 33.3 Å². The molecule has 0 bridgehead atoms. The van der Waals surface area contributed by atoms with Crippen molar-refractivity contribution >= 4 is 17.5 Å². The molecule has 0 atom stereocenters. The molecule has 0 saturated heterocycles. The number of rotatable bonds is 7. The Labute approximate surface area is 151 Å². The predicted octanol–water partition coefficient (Wildman–Crippen LogP) is 3.15. The quantitative estimate of drug-likeness (QED) is 0.606. The van der Waals surface area contributed by atoms with Gasteiger partial charge >= 0.3 is 11.9 Å². The van der Waals surface area contributed by atoms with Crippen LogP contribution in [0.4, 0.5) is 0 Å². The Hall–Kier alpha value is -3.28. The molecule has 0 aliphatic heterocycles. The number of hydrogen-bond acceptors (Lipinski definition) is 5. The average Bonchev–Trinajstić information content (AvgIpc) is 2.67. The van der Waals surface area contributed by atoms with E-state index in [2.05, 4.69) is 0 Å². The number of ether oxygens (including phenoxy) is 3. The normalized spacial score (nSPS) is 9.96. The zero-order valence-corrected chi connectivity index (χ0v) is 14.8. The third-order valence-corrected chi connectivity index (χ3v) is 3.82. The first-order chi connectivity index (χ1) is 12.5. The molecule has 0 spiro atoms. The Morgan fingerprint density at radius 3 is 1.54 bits per heavy atom. The molecule has 0 heterocycles. The SMILES string of the molecule is COC(=O)C(CC(=O)O)=C(c1ccc(OC)cc1)c1ccc(OC)cc1. The largest absolute Gasteiger partial charge is 0.497 e. The van der Waals surface area contributed by atoms with E-state index in [4.69, 9.17) is 14.2 Å². The summed E-state index contributed by atoms with van der Waals surface area (Å²) in [5, 5.41) is 9.25. The van der Waals surface area contributed by atoms with E-state index in [0.29, 0.717) is 28.2 Å². The highest BCUT2D eigenvalue weighted by Gasteiger charge is 2.22. The number of carbonyl (C=O) groups excluding carboxylic acids is 1. The number of hydrogen-bond donors (Lipinski definition) is 1. The third-order valence-electron chi connectivity index (χ3n) is 3.82. The molecular formula is C20H20O6. The Balaban J connectivity index is 2.69. The lowest BCUT2D eigenvalue weighted by atomic mass is 9.91. The van der Waals surface area contributed by atoms with Crippen LogP contribution in [0.2, 0.25) is 0 Å². The topological polar surface area (TPSA) is 82.1 Å². The van der Waals surface area contributed by atoms with Crippen LogP contribution in [-0.2, 0) is 14.3 Å². The van der Waals surface area contributed by atoms with E-state index in [0.717, 1.165) is 0 Å². The average molecular weight is 356 g/mol. The van der Waals surface area contributed by atoms with Crippen LogP contribution in [0.25, 0.3) is 5.57 Å². The molecule has 1 N–H and O–H groups in total. The minimum Gasteiger partial charge on any atom is -0.497 e. The summed E-state index contributed by atoms with van der Waals surface area (Å²) in [7, 11) is 4.34. The second-order valence-corrected chi connectivity index (χ2v) is 5.37. The lowest BCUT2D eigenvalue weighted by Gasteiger charge is -2.15. The van der Waals surface area contributed by atoms with E-state index in [-0.39, 0.29) is 5.57 Å². The van der Waals surface area contributed by atoms with Crippen molar-refractivity contribution in [1.29, 1.82) is 0 Å². The number of carbonyl (C=O) groups is 2. The van der Waals surface area contributed by atoms with Crippen LogP contribution in [0, 0.1) is 0 Å². The molecule has 0 fully saturated rings. The fourth-order valence-electron chi connectivity index (χ4n) is 2.57. The van der Waals surface area contributed by atoms with Gasteiger partial charge in [0.2, 0.25) is 0 Å². The van der Waals surface area contributed by atoms with E-state index in [1.807, 2.05) is 0 Å². The van der Waals surface area contributed by atoms with Gasteiger partial charge in [-0.15, -0.1) is 0 Å². The van der Waals surface area contributed by atoms with Gasteiger partial charge in [-0.3, -0.25) is 4.79 Å². The van der Waals surface area contributed by atoms with Crippen molar-refractivity contribution in [3.63, 3.8) is 0 Å². The van der Waals surface area contributed by atoms with Crippen molar-refractivity contribution < 1.29 is 28.9 Å². The summed E-state index contributed by atoms with van der Waals surface area (Å²) in [6, 6.07) is 14.0. The zero-order chi connectivity index (χ0) is 19.1. The van der Waals surface area contributed by atoms with Crippen LogP contribution >= 0.6 is 0 Å². The molecular weight excluding hydrogens is 336 g/mol. The molecule has 0 aliphatic carbocycles. The van der Waals surface area contributed by atoms with E-state index in [1.165, 1.54) is 7.11 Å². The van der Waals surface area contributed by atoms with Crippen molar-refractivity contribution in [2.24, 2.45) is 0 Å². The summed E-state index contributed by atoms with van der Waals surface area (Å²) in [6.45, 7) is 0. The monoisotopic (exact) mass is 356 g/mol. The summed E-state index contributed by atoms with van der Waals surface area (Å²) in [5.41, 5.74) is 1.91. The highest BCUT2D eigenvalue weighted by Crippen LogP contribution is 2.31. The van der Waals surface area contributed by atoms with Crippen LogP contribution in [0.5, 0.6) is 11.5 Å². The number of benzene rings is 2. The van der Waals surface area contributed by atoms with Crippen molar-refractivity contribution in [3.8, 4) is 11.5 Å². The molecule has 0 aliphatic rings. The molecule has 6 heteroatoms. The number of carboxylic acid groups (broad SMARTS) is 1. The Bertz CT molecular complexity index is 754. The molecule has 0 radical (unpaired) electrons. The van der Waals surface area contributed by atoms with Crippen LogP contribution < -0.4 is 9.47 Å². The highest BCUT2D eigenvalue weighted by molar-refractivity contribution is 6.04. The molecule has 0 unspecified atom stereocenters. The van der Waals surface area contributed by atoms with Gasteiger partial charge in [0, 0.05) is 0 Å². The number of esters is 1. The lowest BCUT2D eigenvalue weighted by molar-refractivity contribution is -0.141. The molecule has 2 aromatic rings. The first-order valence-electron chi connectivity index (χ1n) is 7.82. The van der Waals surface area contributed by atoms with Gasteiger partial charge in [0.15, 0.2) is 0 Å². The molecule has 26 heavy (non-hydrogen) atoms. The number of carboxylic acids is 1. The van der Waals surface area contributed by atoms with Gasteiger partial charge in [-0.05, 0) is 41.0 Å². The molecule has 0 saturated carbocycles. The molecule has 136 valence electrons. The molecule has 0 aromatic heterocycles. The highest BCUT2D eigenvalue weighted by atomic mass is 16.5. The lowest BCUT2D eigenvalue weighted by Crippen LogP contribution is -2.12. The Morgan fingerprint density at radius 1 is 0.808 bits per heavy atom. The first kappa shape index (κ1) is 19.1. The Morgan fingerprint density at radius 2 is 1.23 bits per heavy atom. The van der Waals surface area contributed by atoms with E-state index < -0.39 is 18.4 Å². The van der Waals surface area contributed by atoms with Crippen molar-refractivity contribution in [3.05, 3.63) is 65.2 Å². The fourth-order valence-corrected chi connectivity index (χ4v) is 2.57. The molecule has 2 aromatic carbocycles. The first-order valence-corrected chi connectivity index (χ1v) is 7.82. The van der Waals surface area contributed by atoms with Crippen LogP contribution in [0.15, 0.2) is 54.1 Å². The molecule has 6 nitrogen and oxygen atoms in total. The van der Waals surface area contributed by atoms with E-state index in [1.54, 1.807) is 62.8 Å². The number of aliphatic carboxylic acids is 1. The van der Waals surface area contributed by atoms with Crippen LogP contribution in [0.1, 0.15) is 17.5 Å². The summed E-state index contributed by atoms with van der Waals surface area (Å²) in [6.07, 6.45) is -0.458. The fraction of sp³-hybridized carbons (Fsp3) is 0.200. The minimum absolute atomic E-state index is 0.0651. The maximum atomic E-state index is 12.3. The van der Waals surface area contributed by atoms with Crippen LogP contribution in [-0.4, -0.2) is 38.4 Å². The maximum absolute atomic E-state index is 12.3. The maximum Gasteiger partial charge on any atom is 0.334 e. The van der Waals surface area contributed by atoms with E-state index >= 15 is 0 Å². The smallest absolute Gasteiger partial charge is 0.334 e. The van der Waals surface area contributed by atoms with Gasteiger partial charge in [0.1, 0.15) is 11.5 Å². The van der Waals surface area contributed by atoms with Gasteiger partial charge in [-0.25, -0.2) is 4.79 Å². The number of methoxy groups -OCH3 is 3. The van der Waals surface area contributed by atoms with Gasteiger partial charge in [-0.1, -0.05) is 24.3 Å². The second kappa shape index (κ2) is 8.71. The van der Waals surface area contributed by atoms with Gasteiger partial charge in [-0.2, -0.15) is 0 Å². The third kappa shape index (κ3) is 4.42. The van der Waals surface area contributed by atoms with E-state index in [9.17, 15) is 14.7 Å².